The average Bonchev–Trinajstić information content (AvgIpc) is 2.15. The number of carbonyl (C=O) groups is 1. The fourth-order valence-corrected chi connectivity index (χ4v) is 2.37. The maximum absolute atomic E-state index is 11.1. The summed E-state index contributed by atoms with van der Waals surface area (Å²) >= 11 is 11.9. The van der Waals surface area contributed by atoms with Crippen molar-refractivity contribution in [2.75, 3.05) is 0 Å². The van der Waals surface area contributed by atoms with Gasteiger partial charge in [0.25, 0.3) is 0 Å². The van der Waals surface area contributed by atoms with Crippen LogP contribution in [0.4, 0.5) is 0 Å². The summed E-state index contributed by atoms with van der Waals surface area (Å²) in [4.78, 5) is 11.1. The van der Waals surface area contributed by atoms with Gasteiger partial charge in [0.05, 0.1) is 0 Å². The highest BCUT2D eigenvalue weighted by atomic mass is 35.5. The van der Waals surface area contributed by atoms with Crippen LogP contribution in [0.5, 0.6) is 0 Å². The highest BCUT2D eigenvalue weighted by Gasteiger charge is 2.37. The molecule has 2 atom stereocenters. The van der Waals surface area contributed by atoms with Crippen LogP contribution in [0.1, 0.15) is 24.8 Å². The van der Waals surface area contributed by atoms with Gasteiger partial charge in [-0.1, -0.05) is 36.2 Å². The van der Waals surface area contributed by atoms with Gasteiger partial charge in [-0.3, -0.25) is 4.79 Å². The Balaban J connectivity index is 2.30. The SMILES string of the molecule is CC1C(=O)CC1c1ccc(Cl)cc1Cl. The van der Waals surface area contributed by atoms with Crippen molar-refractivity contribution in [2.24, 2.45) is 5.92 Å². The standard InChI is InChI=1S/C11H10Cl2O/c1-6-9(5-11(6)14)8-3-2-7(12)4-10(8)13/h2-4,6,9H,5H2,1H3. The Morgan fingerprint density at radius 1 is 1.36 bits per heavy atom. The monoisotopic (exact) mass is 228 g/mol. The molecule has 14 heavy (non-hydrogen) atoms. The Bertz CT molecular complexity index is 387. The van der Waals surface area contributed by atoms with Gasteiger partial charge < -0.3 is 0 Å². The van der Waals surface area contributed by atoms with Crippen molar-refractivity contribution in [3.8, 4) is 0 Å². The quantitative estimate of drug-likeness (QED) is 0.717. The molecule has 0 spiro atoms. The van der Waals surface area contributed by atoms with E-state index >= 15 is 0 Å². The number of rotatable bonds is 1. The molecule has 3 heteroatoms. The fraction of sp³-hybridized carbons (Fsp3) is 0.364. The van der Waals surface area contributed by atoms with Crippen molar-refractivity contribution in [1.29, 1.82) is 0 Å². The Morgan fingerprint density at radius 2 is 2.07 bits per heavy atom. The van der Waals surface area contributed by atoms with Crippen molar-refractivity contribution in [3.63, 3.8) is 0 Å². The van der Waals surface area contributed by atoms with Gasteiger partial charge in [-0.05, 0) is 17.7 Å². The van der Waals surface area contributed by atoms with Gasteiger partial charge in [0.15, 0.2) is 0 Å². The third-order valence-corrected chi connectivity index (χ3v) is 3.46. The second kappa shape index (κ2) is 3.56. The molecule has 2 unspecified atom stereocenters. The third-order valence-electron chi connectivity index (χ3n) is 2.89. The first kappa shape index (κ1) is 10.0. The molecule has 0 radical (unpaired) electrons. The summed E-state index contributed by atoms with van der Waals surface area (Å²) < 4.78 is 0. The number of carbonyl (C=O) groups excluding carboxylic acids is 1. The lowest BCUT2D eigenvalue weighted by atomic mass is 9.70. The summed E-state index contributed by atoms with van der Waals surface area (Å²) in [6.45, 7) is 1.95. The molecule has 0 heterocycles. The van der Waals surface area contributed by atoms with E-state index in [4.69, 9.17) is 23.2 Å². The molecule has 0 aliphatic heterocycles. The molecule has 1 saturated carbocycles. The zero-order valence-corrected chi connectivity index (χ0v) is 9.27. The van der Waals surface area contributed by atoms with E-state index in [0.717, 1.165) is 5.56 Å². The van der Waals surface area contributed by atoms with Crippen LogP contribution in [0.3, 0.4) is 0 Å². The van der Waals surface area contributed by atoms with Crippen molar-refractivity contribution in [1.82, 2.24) is 0 Å². The zero-order chi connectivity index (χ0) is 10.3. The minimum absolute atomic E-state index is 0.105. The van der Waals surface area contributed by atoms with Crippen molar-refractivity contribution in [3.05, 3.63) is 33.8 Å². The molecule has 1 fully saturated rings. The molecule has 0 saturated heterocycles. The predicted molar refractivity (Wildman–Crippen MR) is 58.0 cm³/mol. The summed E-state index contributed by atoms with van der Waals surface area (Å²) in [7, 11) is 0. The zero-order valence-electron chi connectivity index (χ0n) is 7.76. The largest absolute Gasteiger partial charge is 0.299 e. The molecule has 74 valence electrons. The first-order valence-electron chi connectivity index (χ1n) is 4.57. The molecule has 1 nitrogen and oxygen atoms in total. The number of ketones is 1. The smallest absolute Gasteiger partial charge is 0.136 e. The summed E-state index contributed by atoms with van der Waals surface area (Å²) in [6, 6.07) is 5.46. The minimum Gasteiger partial charge on any atom is -0.299 e. The van der Waals surface area contributed by atoms with E-state index in [-0.39, 0.29) is 11.8 Å². The van der Waals surface area contributed by atoms with Crippen molar-refractivity contribution >= 4 is 29.0 Å². The van der Waals surface area contributed by atoms with Crippen LogP contribution in [0, 0.1) is 5.92 Å². The second-order valence-corrected chi connectivity index (χ2v) is 4.58. The molecule has 1 aliphatic rings. The molecular weight excluding hydrogens is 219 g/mol. The van der Waals surface area contributed by atoms with Gasteiger partial charge >= 0.3 is 0 Å². The lowest BCUT2D eigenvalue weighted by molar-refractivity contribution is -0.130. The average molecular weight is 229 g/mol. The van der Waals surface area contributed by atoms with Gasteiger partial charge in [-0.15, -0.1) is 0 Å². The third kappa shape index (κ3) is 1.55. The van der Waals surface area contributed by atoms with E-state index in [1.165, 1.54) is 0 Å². The molecule has 1 aliphatic carbocycles. The van der Waals surface area contributed by atoms with Gasteiger partial charge in [0, 0.05) is 28.3 Å². The van der Waals surface area contributed by atoms with Crippen LogP contribution in [0.2, 0.25) is 10.0 Å². The first-order valence-corrected chi connectivity index (χ1v) is 5.33. The van der Waals surface area contributed by atoms with E-state index in [2.05, 4.69) is 0 Å². The maximum atomic E-state index is 11.1. The summed E-state index contributed by atoms with van der Waals surface area (Å²) in [6.07, 6.45) is 0.614. The number of hydrogen-bond donors (Lipinski definition) is 0. The normalized spacial score (nSPS) is 26.1. The highest BCUT2D eigenvalue weighted by molar-refractivity contribution is 6.35. The van der Waals surface area contributed by atoms with E-state index in [1.54, 1.807) is 6.07 Å². The Morgan fingerprint density at radius 3 is 2.57 bits per heavy atom. The topological polar surface area (TPSA) is 17.1 Å². The van der Waals surface area contributed by atoms with Crippen LogP contribution in [-0.4, -0.2) is 5.78 Å². The highest BCUT2D eigenvalue weighted by Crippen LogP contribution is 2.42. The first-order chi connectivity index (χ1) is 6.59. The Kier molecular flexibility index (Phi) is 2.54. The number of halogens is 2. The van der Waals surface area contributed by atoms with Gasteiger partial charge in [0.1, 0.15) is 5.78 Å². The molecule has 0 amide bonds. The van der Waals surface area contributed by atoms with Crippen LogP contribution in [0.15, 0.2) is 18.2 Å². The molecule has 0 bridgehead atoms. The molecule has 1 aromatic carbocycles. The molecule has 0 aromatic heterocycles. The van der Waals surface area contributed by atoms with E-state index in [1.807, 2.05) is 19.1 Å². The van der Waals surface area contributed by atoms with Gasteiger partial charge in [-0.25, -0.2) is 0 Å². The summed E-state index contributed by atoms with van der Waals surface area (Å²) in [5, 5.41) is 1.30. The summed E-state index contributed by atoms with van der Waals surface area (Å²) in [5.41, 5.74) is 1.04. The van der Waals surface area contributed by atoms with E-state index in [0.29, 0.717) is 22.2 Å². The van der Waals surface area contributed by atoms with Crippen LogP contribution in [-0.2, 0) is 4.79 Å². The van der Waals surface area contributed by atoms with Crippen molar-refractivity contribution in [2.45, 2.75) is 19.3 Å². The fourth-order valence-electron chi connectivity index (χ4n) is 1.82. The lowest BCUT2D eigenvalue weighted by Crippen LogP contribution is -2.32. The predicted octanol–water partition coefficient (Wildman–Crippen LogP) is 3.69. The van der Waals surface area contributed by atoms with Crippen LogP contribution >= 0.6 is 23.2 Å². The molecule has 2 rings (SSSR count). The number of hydrogen-bond acceptors (Lipinski definition) is 1. The molecule has 0 N–H and O–H groups in total. The summed E-state index contributed by atoms with van der Waals surface area (Å²) in [5.74, 6) is 0.710. The van der Waals surface area contributed by atoms with Crippen LogP contribution < -0.4 is 0 Å². The van der Waals surface area contributed by atoms with E-state index in [9.17, 15) is 4.79 Å². The lowest BCUT2D eigenvalue weighted by Gasteiger charge is -2.33. The minimum atomic E-state index is 0.105. The van der Waals surface area contributed by atoms with E-state index < -0.39 is 0 Å². The maximum Gasteiger partial charge on any atom is 0.136 e. The second-order valence-electron chi connectivity index (χ2n) is 3.73. The van der Waals surface area contributed by atoms with Crippen molar-refractivity contribution < 1.29 is 4.79 Å². The van der Waals surface area contributed by atoms with Gasteiger partial charge in [-0.2, -0.15) is 0 Å². The number of benzene rings is 1. The van der Waals surface area contributed by atoms with Crippen LogP contribution in [0.25, 0.3) is 0 Å². The Hall–Kier alpha value is -0.530. The Labute approximate surface area is 93.0 Å². The molecular formula is C11H10Cl2O. The van der Waals surface area contributed by atoms with Gasteiger partial charge in [0.2, 0.25) is 0 Å². The number of Topliss-reactive ketones (excluding diaryl/α,β-unsaturated/α-hetero) is 1. The molecule has 1 aromatic rings.